The molecule has 1 fully saturated rings. The summed E-state index contributed by atoms with van der Waals surface area (Å²) in [5, 5.41) is 2.54. The van der Waals surface area contributed by atoms with Gasteiger partial charge in [0.2, 0.25) is 0 Å². The topological polar surface area (TPSA) is 75.7 Å². The molecule has 8 heteroatoms. The summed E-state index contributed by atoms with van der Waals surface area (Å²) in [5.74, 6) is -1.00. The summed E-state index contributed by atoms with van der Waals surface area (Å²) >= 11 is 9.75. The van der Waals surface area contributed by atoms with Gasteiger partial charge in [-0.2, -0.15) is 0 Å². The quantitative estimate of drug-likeness (QED) is 0.345. The third-order valence-corrected chi connectivity index (χ3v) is 5.79. The number of rotatable bonds is 5. The lowest BCUT2D eigenvalue weighted by Crippen LogP contribution is -2.54. The molecule has 6 nitrogen and oxygen atoms in total. The Kier molecular flexibility index (Phi) is 6.62. The highest BCUT2D eigenvalue weighted by Crippen LogP contribution is 2.28. The number of carbonyl (C=O) groups excluding carboxylic acids is 3. The Morgan fingerprint density at radius 2 is 1.70 bits per heavy atom. The number of benzene rings is 3. The summed E-state index contributed by atoms with van der Waals surface area (Å²) in [6, 6.07) is 18.7. The molecular weight excluding hydrogens is 508 g/mol. The van der Waals surface area contributed by atoms with Gasteiger partial charge in [-0.15, -0.1) is 0 Å². The van der Waals surface area contributed by atoms with Crippen molar-refractivity contribution in [3.63, 3.8) is 0 Å². The number of hydrogen-bond acceptors (Lipinski definition) is 4. The first-order valence-electron chi connectivity index (χ1n) is 9.97. The van der Waals surface area contributed by atoms with Crippen molar-refractivity contribution < 1.29 is 19.1 Å². The van der Waals surface area contributed by atoms with Crippen molar-refractivity contribution in [2.75, 3.05) is 4.90 Å². The summed E-state index contributed by atoms with van der Waals surface area (Å²) in [6.07, 6.45) is 1.40. The predicted octanol–water partition coefficient (Wildman–Crippen LogP) is 5.66. The Morgan fingerprint density at radius 3 is 2.36 bits per heavy atom. The fourth-order valence-corrected chi connectivity index (χ4v) is 3.73. The van der Waals surface area contributed by atoms with E-state index in [0.29, 0.717) is 28.6 Å². The lowest BCUT2D eigenvalue weighted by molar-refractivity contribution is -0.122. The van der Waals surface area contributed by atoms with Gasteiger partial charge in [0, 0.05) is 4.47 Å². The number of urea groups is 1. The predicted molar refractivity (Wildman–Crippen MR) is 130 cm³/mol. The number of ether oxygens (including phenoxy) is 1. The normalized spacial score (nSPS) is 15.1. The van der Waals surface area contributed by atoms with Crippen LogP contribution in [0.15, 0.2) is 76.8 Å². The van der Waals surface area contributed by atoms with Gasteiger partial charge in [-0.25, -0.2) is 9.69 Å². The number of barbiturate groups is 1. The van der Waals surface area contributed by atoms with Gasteiger partial charge in [-0.3, -0.25) is 14.9 Å². The Labute approximate surface area is 203 Å². The van der Waals surface area contributed by atoms with Gasteiger partial charge in [-0.05, 0) is 60.5 Å². The highest BCUT2D eigenvalue weighted by molar-refractivity contribution is 9.10. The van der Waals surface area contributed by atoms with Gasteiger partial charge in [0.1, 0.15) is 17.9 Å². The lowest BCUT2D eigenvalue weighted by atomic mass is 10.1. The van der Waals surface area contributed by atoms with E-state index in [1.165, 1.54) is 6.08 Å². The molecule has 0 aliphatic carbocycles. The minimum atomic E-state index is -0.791. The van der Waals surface area contributed by atoms with Crippen LogP contribution in [0.5, 0.6) is 5.75 Å². The fourth-order valence-electron chi connectivity index (χ4n) is 3.22. The number of hydrogen-bond donors (Lipinski definition) is 1. The Hall–Kier alpha value is -3.42. The van der Waals surface area contributed by atoms with Gasteiger partial charge >= 0.3 is 6.03 Å². The van der Waals surface area contributed by atoms with Crippen molar-refractivity contribution in [2.45, 2.75) is 13.5 Å². The largest absolute Gasteiger partial charge is 0.487 e. The highest BCUT2D eigenvalue weighted by Gasteiger charge is 2.36. The van der Waals surface area contributed by atoms with E-state index in [-0.39, 0.29) is 5.57 Å². The Balaban J connectivity index is 1.55. The zero-order valence-electron chi connectivity index (χ0n) is 17.5. The molecule has 0 spiro atoms. The zero-order chi connectivity index (χ0) is 23.5. The van der Waals surface area contributed by atoms with E-state index in [2.05, 4.69) is 21.2 Å². The van der Waals surface area contributed by atoms with E-state index in [0.717, 1.165) is 20.5 Å². The highest BCUT2D eigenvalue weighted by atomic mass is 79.9. The molecule has 0 bridgehead atoms. The number of aryl methyl sites for hydroxylation is 1. The molecule has 3 aromatic rings. The summed E-state index contributed by atoms with van der Waals surface area (Å²) < 4.78 is 6.76. The van der Waals surface area contributed by atoms with Crippen LogP contribution in [0.1, 0.15) is 16.7 Å². The molecule has 0 atom stereocenters. The van der Waals surface area contributed by atoms with Crippen molar-refractivity contribution in [3.8, 4) is 5.75 Å². The molecule has 1 aliphatic heterocycles. The number of anilines is 1. The number of halogens is 2. The van der Waals surface area contributed by atoms with Crippen LogP contribution in [-0.2, 0) is 16.2 Å². The first-order chi connectivity index (χ1) is 15.8. The van der Waals surface area contributed by atoms with Crippen LogP contribution >= 0.6 is 27.5 Å². The Bertz CT molecular complexity index is 1270. The number of carbonyl (C=O) groups is 3. The van der Waals surface area contributed by atoms with Gasteiger partial charge in [0.25, 0.3) is 11.8 Å². The van der Waals surface area contributed by atoms with E-state index in [4.69, 9.17) is 16.3 Å². The molecule has 0 saturated carbocycles. The maximum Gasteiger partial charge on any atom is 0.335 e. The fraction of sp³-hybridized carbons (Fsp3) is 0.0800. The summed E-state index contributed by atoms with van der Waals surface area (Å²) in [5.41, 5.74) is 2.68. The Morgan fingerprint density at radius 1 is 1.00 bits per heavy atom. The molecule has 3 aromatic carbocycles. The van der Waals surface area contributed by atoms with Crippen LogP contribution in [0.25, 0.3) is 6.08 Å². The number of nitrogens with one attached hydrogen (secondary N) is 1. The smallest absolute Gasteiger partial charge is 0.335 e. The SMILES string of the molecule is Cc1ccc(N2C(=O)NC(=O)/C(=C\c3ccc(OCc4ccc(Br)cc4)c(Cl)c3)C2=O)cc1. The standard InChI is InChI=1S/C25H18BrClN2O4/c1-15-2-9-19(10-3-15)29-24(31)20(23(30)28-25(29)32)12-17-6-11-22(21(27)13-17)33-14-16-4-7-18(26)8-5-16/h2-13H,14H2,1H3,(H,28,30,32)/b20-12+. The van der Waals surface area contributed by atoms with Gasteiger partial charge in [0.05, 0.1) is 10.7 Å². The van der Waals surface area contributed by atoms with Crippen LogP contribution in [0.4, 0.5) is 10.5 Å². The molecule has 0 unspecified atom stereocenters. The second-order valence-corrected chi connectivity index (χ2v) is 8.72. The number of amides is 4. The molecule has 4 amide bonds. The average molecular weight is 526 g/mol. The van der Waals surface area contributed by atoms with E-state index in [1.807, 2.05) is 31.2 Å². The molecule has 1 N–H and O–H groups in total. The van der Waals surface area contributed by atoms with Gasteiger partial charge < -0.3 is 4.74 Å². The van der Waals surface area contributed by atoms with Crippen molar-refractivity contribution in [1.82, 2.24) is 5.32 Å². The average Bonchev–Trinajstić information content (AvgIpc) is 2.78. The van der Waals surface area contributed by atoms with Crippen LogP contribution in [0.3, 0.4) is 0 Å². The second kappa shape index (κ2) is 9.60. The van der Waals surface area contributed by atoms with Gasteiger partial charge in [0.15, 0.2) is 0 Å². The molecule has 1 heterocycles. The summed E-state index contributed by atoms with van der Waals surface area (Å²) in [7, 11) is 0. The van der Waals surface area contributed by atoms with Crippen molar-refractivity contribution >= 4 is 57.1 Å². The molecule has 4 rings (SSSR count). The molecule has 1 saturated heterocycles. The number of imide groups is 2. The molecule has 33 heavy (non-hydrogen) atoms. The molecular formula is C25H18BrClN2O4. The van der Waals surface area contributed by atoms with Gasteiger partial charge in [-0.1, -0.05) is 63.4 Å². The van der Waals surface area contributed by atoms with Crippen LogP contribution in [-0.4, -0.2) is 17.8 Å². The van der Waals surface area contributed by atoms with Crippen molar-refractivity contribution in [2.24, 2.45) is 0 Å². The minimum Gasteiger partial charge on any atom is -0.487 e. The van der Waals surface area contributed by atoms with Crippen LogP contribution in [0, 0.1) is 6.92 Å². The van der Waals surface area contributed by atoms with E-state index in [1.54, 1.807) is 42.5 Å². The third-order valence-electron chi connectivity index (χ3n) is 4.97. The van der Waals surface area contributed by atoms with E-state index < -0.39 is 17.8 Å². The molecule has 166 valence electrons. The monoisotopic (exact) mass is 524 g/mol. The third kappa shape index (κ3) is 5.16. The lowest BCUT2D eigenvalue weighted by Gasteiger charge is -2.26. The van der Waals surface area contributed by atoms with Crippen LogP contribution < -0.4 is 15.0 Å². The van der Waals surface area contributed by atoms with Crippen molar-refractivity contribution in [1.29, 1.82) is 0 Å². The number of nitrogens with zero attached hydrogens (tertiary/aromatic N) is 1. The minimum absolute atomic E-state index is 0.172. The molecule has 0 aromatic heterocycles. The maximum absolute atomic E-state index is 13.0. The summed E-state index contributed by atoms with van der Waals surface area (Å²) in [6.45, 7) is 2.23. The van der Waals surface area contributed by atoms with E-state index >= 15 is 0 Å². The maximum atomic E-state index is 13.0. The molecule has 0 radical (unpaired) electrons. The first-order valence-corrected chi connectivity index (χ1v) is 11.1. The zero-order valence-corrected chi connectivity index (χ0v) is 19.8. The first kappa shape index (κ1) is 22.8. The molecule has 1 aliphatic rings. The van der Waals surface area contributed by atoms with Crippen molar-refractivity contribution in [3.05, 3.63) is 98.5 Å². The second-order valence-electron chi connectivity index (χ2n) is 7.40. The van der Waals surface area contributed by atoms with E-state index in [9.17, 15) is 14.4 Å². The summed E-state index contributed by atoms with van der Waals surface area (Å²) in [4.78, 5) is 38.6. The van der Waals surface area contributed by atoms with Crippen LogP contribution in [0.2, 0.25) is 5.02 Å².